The third-order valence-corrected chi connectivity index (χ3v) is 7.43. The first-order chi connectivity index (χ1) is 15.3. The van der Waals surface area contributed by atoms with Crippen molar-refractivity contribution in [3.8, 4) is 0 Å². The van der Waals surface area contributed by atoms with E-state index in [9.17, 15) is 30.7 Å². The van der Waals surface area contributed by atoms with Gasteiger partial charge in [0.05, 0.1) is 74.6 Å². The van der Waals surface area contributed by atoms with E-state index in [-0.39, 0.29) is 17.4 Å². The highest BCUT2D eigenvalue weighted by Crippen LogP contribution is 2.10. The van der Waals surface area contributed by atoms with Crippen LogP contribution in [0, 0.1) is 0 Å². The lowest BCUT2D eigenvalue weighted by molar-refractivity contribution is -0.890. The van der Waals surface area contributed by atoms with Gasteiger partial charge in [-0.25, -0.2) is 16.8 Å². The summed E-state index contributed by atoms with van der Waals surface area (Å²) in [4.78, 5) is 14.4. The fourth-order valence-corrected chi connectivity index (χ4v) is 4.94. The Hall–Kier alpha value is -1.05. The number of nitrogens with zero attached hydrogens (tertiary/aromatic N) is 3. The highest BCUT2D eigenvalue weighted by atomic mass is 32.2. The van der Waals surface area contributed by atoms with Crippen LogP contribution < -0.4 is 0 Å². The number of unbranched alkanes of at least 4 members (excludes halogenated alkanes) is 2. The van der Waals surface area contributed by atoms with E-state index in [1.807, 2.05) is 4.90 Å². The molecule has 0 N–H and O–H groups in total. The van der Waals surface area contributed by atoms with Crippen molar-refractivity contribution < 1.29 is 39.7 Å². The smallest absolute Gasteiger partial charge is 0.248 e. The average Bonchev–Trinajstić information content (AvgIpc) is 2.65. The zero-order valence-corrected chi connectivity index (χ0v) is 23.3. The van der Waals surface area contributed by atoms with Gasteiger partial charge in [-0.1, -0.05) is 6.58 Å². The van der Waals surface area contributed by atoms with Gasteiger partial charge in [0.1, 0.15) is 0 Å². The van der Waals surface area contributed by atoms with Crippen LogP contribution in [0.2, 0.25) is 0 Å². The van der Waals surface area contributed by atoms with Crippen LogP contribution in [0.5, 0.6) is 0 Å². The van der Waals surface area contributed by atoms with Gasteiger partial charge in [-0.2, -0.15) is 0 Å². The molecule has 0 spiro atoms. The lowest BCUT2D eigenvalue weighted by Crippen LogP contribution is -2.45. The van der Waals surface area contributed by atoms with Crippen LogP contribution in [0.15, 0.2) is 12.2 Å². The van der Waals surface area contributed by atoms with Crippen molar-refractivity contribution in [2.45, 2.75) is 45.4 Å². The van der Waals surface area contributed by atoms with Gasteiger partial charge >= 0.3 is 0 Å². The number of hydrogen-bond acceptors (Lipinski definition) is 7. The quantitative estimate of drug-likeness (QED) is 0.106. The lowest BCUT2D eigenvalue weighted by atomic mass is 10.2. The molecule has 0 fully saturated rings. The summed E-state index contributed by atoms with van der Waals surface area (Å²) in [5.41, 5.74) is 0.486. The van der Waals surface area contributed by atoms with E-state index in [1.54, 1.807) is 6.92 Å². The molecule has 0 aromatic carbocycles. The minimum absolute atomic E-state index is 0.0723. The van der Waals surface area contributed by atoms with E-state index in [4.69, 9.17) is 0 Å². The molecule has 12 heteroatoms. The molecule has 0 aliphatic carbocycles. The van der Waals surface area contributed by atoms with Gasteiger partial charge in [-0.05, 0) is 32.6 Å². The van der Waals surface area contributed by atoms with Gasteiger partial charge < -0.3 is 23.0 Å². The van der Waals surface area contributed by atoms with Crippen molar-refractivity contribution in [3.05, 3.63) is 12.2 Å². The predicted molar refractivity (Wildman–Crippen MR) is 132 cm³/mol. The maximum absolute atomic E-state index is 12.6. The van der Waals surface area contributed by atoms with Gasteiger partial charge in [0.25, 0.3) is 0 Å². The number of hydrogen-bond donors (Lipinski definition) is 0. The van der Waals surface area contributed by atoms with E-state index in [0.29, 0.717) is 53.3 Å². The molecule has 0 unspecified atom stereocenters. The summed E-state index contributed by atoms with van der Waals surface area (Å²) in [7, 11) is -0.134. The Balaban J connectivity index is 4.56. The molecule has 0 aromatic rings. The Morgan fingerprint density at radius 2 is 1.03 bits per heavy atom. The van der Waals surface area contributed by atoms with Crippen LogP contribution in [-0.2, 0) is 25.0 Å². The third-order valence-electron chi connectivity index (χ3n) is 5.85. The second-order valence-electron chi connectivity index (χ2n) is 10.5. The Kier molecular flexibility index (Phi) is 14.0. The van der Waals surface area contributed by atoms with Gasteiger partial charge in [0.15, 0.2) is 0 Å². The van der Waals surface area contributed by atoms with Crippen molar-refractivity contribution in [1.29, 1.82) is 0 Å². The molecule has 10 nitrogen and oxygen atoms in total. The zero-order valence-electron chi connectivity index (χ0n) is 21.6. The summed E-state index contributed by atoms with van der Waals surface area (Å²) < 4.78 is 65.7. The van der Waals surface area contributed by atoms with E-state index in [0.717, 1.165) is 39.0 Å². The highest BCUT2D eigenvalue weighted by molar-refractivity contribution is 7.85. The number of quaternary nitrogens is 2. The Labute approximate surface area is 207 Å². The topological polar surface area (TPSA) is 135 Å². The molecular weight excluding hydrogens is 482 g/mol. The molecule has 0 radical (unpaired) electrons. The second-order valence-corrected chi connectivity index (χ2v) is 13.5. The minimum Gasteiger partial charge on any atom is -0.748 e. The molecule has 0 aliphatic rings. The summed E-state index contributed by atoms with van der Waals surface area (Å²) in [6.45, 7) is 9.80. The number of amides is 1. The van der Waals surface area contributed by atoms with Crippen LogP contribution in [-0.4, -0.2) is 125 Å². The molecule has 202 valence electrons. The molecule has 0 heterocycles. The molecule has 0 atom stereocenters. The maximum Gasteiger partial charge on any atom is 0.248 e. The Morgan fingerprint density at radius 3 is 1.32 bits per heavy atom. The highest BCUT2D eigenvalue weighted by Gasteiger charge is 2.20. The van der Waals surface area contributed by atoms with Crippen LogP contribution in [0.1, 0.15) is 45.4 Å². The first kappa shape index (κ1) is 33.0. The average molecular weight is 528 g/mol. The van der Waals surface area contributed by atoms with Crippen LogP contribution in [0.4, 0.5) is 0 Å². The Bertz CT molecular complexity index is 796. The molecule has 34 heavy (non-hydrogen) atoms. The molecular formula is C22H45N3O7S2. The van der Waals surface area contributed by atoms with Gasteiger partial charge in [-0.3, -0.25) is 4.79 Å². The minimum atomic E-state index is -4.17. The summed E-state index contributed by atoms with van der Waals surface area (Å²) in [5, 5.41) is 0. The largest absolute Gasteiger partial charge is 0.748 e. The second kappa shape index (κ2) is 14.5. The standard InChI is InChI=1S/C22H45N3O7S2/c1-21(2)22(26)23(13-11-17-24(3,4)15-7-9-19-33(27,28)29)14-12-18-25(5,6)16-8-10-20-34(30,31)32/h1,7-20H2,2-6H3. The fourth-order valence-electron chi connectivity index (χ4n) is 3.82. The molecule has 0 saturated carbocycles. The number of carbonyl (C=O) groups is 1. The van der Waals surface area contributed by atoms with E-state index in [2.05, 4.69) is 34.8 Å². The van der Waals surface area contributed by atoms with Crippen LogP contribution in [0.25, 0.3) is 0 Å². The molecule has 1 amide bonds. The summed E-state index contributed by atoms with van der Waals surface area (Å²) in [6, 6.07) is 0. The van der Waals surface area contributed by atoms with Crippen LogP contribution in [0.3, 0.4) is 0 Å². The SMILES string of the molecule is C=C(C)C(=O)N(CCC[N+](C)(C)CCCCS(=O)(=O)[O-])CCC[N+](C)(C)CCCCS(=O)(=O)[O-]. The normalized spacial score (nSPS) is 13.1. The summed E-state index contributed by atoms with van der Waals surface area (Å²) in [6.07, 6.45) is 3.58. The van der Waals surface area contributed by atoms with Crippen LogP contribution >= 0.6 is 0 Å². The summed E-state index contributed by atoms with van der Waals surface area (Å²) in [5.74, 6) is -0.738. The van der Waals surface area contributed by atoms with Gasteiger partial charge in [-0.15, -0.1) is 0 Å². The Morgan fingerprint density at radius 1 is 0.706 bits per heavy atom. The first-order valence-electron chi connectivity index (χ1n) is 11.8. The van der Waals surface area contributed by atoms with Crippen molar-refractivity contribution in [2.24, 2.45) is 0 Å². The van der Waals surface area contributed by atoms with Gasteiger partial charge in [0, 0.05) is 43.0 Å². The van der Waals surface area contributed by atoms with E-state index < -0.39 is 20.2 Å². The molecule has 0 aliphatic heterocycles. The maximum atomic E-state index is 12.6. The van der Waals surface area contributed by atoms with Crippen molar-refractivity contribution in [3.63, 3.8) is 0 Å². The fraction of sp³-hybridized carbons (Fsp3) is 0.864. The molecule has 0 aromatic heterocycles. The lowest BCUT2D eigenvalue weighted by Gasteiger charge is -2.33. The summed E-state index contributed by atoms with van der Waals surface area (Å²) >= 11 is 0. The van der Waals surface area contributed by atoms with Crippen molar-refractivity contribution >= 4 is 26.1 Å². The monoisotopic (exact) mass is 527 g/mol. The predicted octanol–water partition coefficient (Wildman–Crippen LogP) is 0.975. The third kappa shape index (κ3) is 18.3. The molecule has 0 saturated heterocycles. The van der Waals surface area contributed by atoms with E-state index >= 15 is 0 Å². The van der Waals surface area contributed by atoms with Crippen molar-refractivity contribution in [1.82, 2.24) is 4.90 Å². The van der Waals surface area contributed by atoms with E-state index in [1.165, 1.54) is 0 Å². The molecule has 0 bridgehead atoms. The number of carbonyl (C=O) groups excluding carboxylic acids is 1. The first-order valence-corrected chi connectivity index (χ1v) is 14.9. The molecule has 0 rings (SSSR count). The van der Waals surface area contributed by atoms with Crippen molar-refractivity contribution in [2.75, 3.05) is 79.0 Å². The zero-order chi connectivity index (χ0) is 26.6. The van der Waals surface area contributed by atoms with Gasteiger partial charge in [0.2, 0.25) is 5.91 Å². The number of rotatable bonds is 19.